The van der Waals surface area contributed by atoms with E-state index in [0.717, 1.165) is 16.0 Å². The minimum atomic E-state index is -1.17. The molecule has 0 bridgehead atoms. The van der Waals surface area contributed by atoms with Gasteiger partial charge in [-0.3, -0.25) is 24.1 Å². The third kappa shape index (κ3) is 4.43. The first-order valence-electron chi connectivity index (χ1n) is 11.2. The maximum atomic E-state index is 12.8. The molecule has 1 N–H and O–H groups in total. The number of benzene rings is 3. The van der Waals surface area contributed by atoms with Crippen molar-refractivity contribution in [3.05, 3.63) is 82.4 Å². The maximum Gasteiger partial charge on any atom is 0.307 e. The third-order valence-corrected chi connectivity index (χ3v) is 6.58. The predicted molar refractivity (Wildman–Crippen MR) is 130 cm³/mol. The van der Waals surface area contributed by atoms with E-state index in [1.54, 1.807) is 36.4 Å². The topological polar surface area (TPSA) is 110 Å². The number of hydrogen-bond donors (Lipinski definition) is 1. The summed E-state index contributed by atoms with van der Waals surface area (Å²) in [6.45, 7) is -0.110. The minimum Gasteiger partial charge on any atom is -0.481 e. The van der Waals surface area contributed by atoms with Gasteiger partial charge in [0, 0.05) is 23.6 Å². The largest absolute Gasteiger partial charge is 0.481 e. The molecule has 0 aliphatic carbocycles. The average Bonchev–Trinajstić information content (AvgIpc) is 3.43. The number of carbonyl (C=O) groups is 4. The van der Waals surface area contributed by atoms with E-state index in [-0.39, 0.29) is 43.1 Å². The molecule has 3 aromatic carbocycles. The number of carbonyl (C=O) groups excluding carboxylic acids is 3. The number of ether oxygens (including phenoxy) is 2. The lowest BCUT2D eigenvalue weighted by atomic mass is 9.94. The molecule has 3 aromatic rings. The molecule has 9 heteroatoms. The van der Waals surface area contributed by atoms with Crippen molar-refractivity contribution in [2.24, 2.45) is 5.92 Å². The van der Waals surface area contributed by atoms with Crippen molar-refractivity contribution in [3.63, 3.8) is 0 Å². The van der Waals surface area contributed by atoms with Gasteiger partial charge in [-0.2, -0.15) is 0 Å². The van der Waals surface area contributed by atoms with Crippen molar-refractivity contribution in [3.8, 4) is 22.6 Å². The second-order valence-electron chi connectivity index (χ2n) is 8.55. The van der Waals surface area contributed by atoms with Crippen LogP contribution in [0.1, 0.15) is 43.9 Å². The van der Waals surface area contributed by atoms with Crippen molar-refractivity contribution >= 4 is 35.2 Å². The number of carboxylic acids is 1. The second-order valence-corrected chi connectivity index (χ2v) is 8.98. The Kier molecular flexibility index (Phi) is 6.20. The fraction of sp³-hybridized carbons (Fsp3) is 0.185. The van der Waals surface area contributed by atoms with Gasteiger partial charge in [-0.05, 0) is 41.8 Å². The van der Waals surface area contributed by atoms with Crippen LogP contribution in [0.4, 0.5) is 0 Å². The molecule has 0 spiro atoms. The molecule has 36 heavy (non-hydrogen) atoms. The molecule has 2 heterocycles. The van der Waals surface area contributed by atoms with E-state index < -0.39 is 23.7 Å². The molecule has 0 saturated heterocycles. The number of Topliss-reactive ketones (excluding diaryl/α,β-unsaturated/α-hetero) is 1. The summed E-state index contributed by atoms with van der Waals surface area (Å²) in [5.74, 6) is -2.85. The van der Waals surface area contributed by atoms with Crippen LogP contribution in [0, 0.1) is 5.92 Å². The summed E-state index contributed by atoms with van der Waals surface area (Å²) in [5.41, 5.74) is 2.59. The van der Waals surface area contributed by atoms with Crippen molar-refractivity contribution in [1.82, 2.24) is 4.90 Å². The molecule has 8 nitrogen and oxygen atoms in total. The highest BCUT2D eigenvalue weighted by atomic mass is 35.5. The van der Waals surface area contributed by atoms with Crippen molar-refractivity contribution in [2.75, 3.05) is 13.3 Å². The van der Waals surface area contributed by atoms with Gasteiger partial charge in [-0.15, -0.1) is 0 Å². The molecular weight excluding hydrogens is 486 g/mol. The molecule has 0 radical (unpaired) electrons. The lowest BCUT2D eigenvalue weighted by Gasteiger charge is -2.17. The van der Waals surface area contributed by atoms with E-state index in [2.05, 4.69) is 0 Å². The molecule has 0 saturated carbocycles. The van der Waals surface area contributed by atoms with Gasteiger partial charge in [0.05, 0.1) is 17.0 Å². The Bertz CT molecular complexity index is 1340. The monoisotopic (exact) mass is 505 g/mol. The van der Waals surface area contributed by atoms with Crippen LogP contribution in [0.15, 0.2) is 60.7 Å². The average molecular weight is 506 g/mol. The zero-order chi connectivity index (χ0) is 25.4. The number of aliphatic carboxylic acids is 1. The summed E-state index contributed by atoms with van der Waals surface area (Å²) in [6, 6.07) is 17.1. The van der Waals surface area contributed by atoms with Crippen LogP contribution in [0.25, 0.3) is 11.1 Å². The number of ketones is 1. The van der Waals surface area contributed by atoms with E-state index in [1.165, 1.54) is 12.1 Å². The van der Waals surface area contributed by atoms with Crippen LogP contribution < -0.4 is 9.47 Å². The van der Waals surface area contributed by atoms with Crippen LogP contribution in [0.3, 0.4) is 0 Å². The standard InChI is InChI=1S/C27H20ClNO7/c28-19-7-5-16(6-8-19)15-1-3-17(4-2-15)22(30)11-18(27(33)34)9-10-29-25(31)20-12-23-24(36-14-35-23)13-21(20)26(29)32/h1-8,12-13,18H,9-11,14H2,(H,33,34)/t18-/m1/s1. The summed E-state index contributed by atoms with van der Waals surface area (Å²) >= 11 is 5.92. The summed E-state index contributed by atoms with van der Waals surface area (Å²) in [7, 11) is 0. The number of fused-ring (bicyclic) bond motifs is 2. The highest BCUT2D eigenvalue weighted by Crippen LogP contribution is 2.38. The fourth-order valence-electron chi connectivity index (χ4n) is 4.31. The summed E-state index contributed by atoms with van der Waals surface area (Å²) in [6.07, 6.45) is -0.309. The Morgan fingerprint density at radius 1 is 0.889 bits per heavy atom. The molecule has 2 amide bonds. The Labute approximate surface area is 211 Å². The van der Waals surface area contributed by atoms with Crippen LogP contribution in [-0.2, 0) is 4.79 Å². The number of halogens is 1. The van der Waals surface area contributed by atoms with Crippen LogP contribution in [0.2, 0.25) is 5.02 Å². The summed E-state index contributed by atoms with van der Waals surface area (Å²) in [5, 5.41) is 10.3. The number of amides is 2. The van der Waals surface area contributed by atoms with E-state index in [4.69, 9.17) is 21.1 Å². The first kappa shape index (κ1) is 23.6. The molecule has 2 aliphatic heterocycles. The van der Waals surface area contributed by atoms with Crippen molar-refractivity contribution in [2.45, 2.75) is 12.8 Å². The zero-order valence-electron chi connectivity index (χ0n) is 18.9. The molecule has 2 aliphatic rings. The van der Waals surface area contributed by atoms with E-state index in [1.807, 2.05) is 12.1 Å². The number of nitrogens with zero attached hydrogens (tertiary/aromatic N) is 1. The van der Waals surface area contributed by atoms with Crippen LogP contribution >= 0.6 is 11.6 Å². The Balaban J connectivity index is 1.24. The van der Waals surface area contributed by atoms with Gasteiger partial charge in [-0.25, -0.2) is 0 Å². The minimum absolute atomic E-state index is 0.0164. The fourth-order valence-corrected chi connectivity index (χ4v) is 4.44. The zero-order valence-corrected chi connectivity index (χ0v) is 19.7. The summed E-state index contributed by atoms with van der Waals surface area (Å²) in [4.78, 5) is 51.3. The molecule has 0 fully saturated rings. The number of rotatable bonds is 8. The van der Waals surface area contributed by atoms with Gasteiger partial charge in [-0.1, -0.05) is 48.0 Å². The van der Waals surface area contributed by atoms with Crippen LogP contribution in [0.5, 0.6) is 11.5 Å². The Morgan fingerprint density at radius 3 is 1.94 bits per heavy atom. The van der Waals surface area contributed by atoms with Gasteiger partial charge in [0.2, 0.25) is 6.79 Å². The molecular formula is C27H20ClNO7. The molecule has 5 rings (SSSR count). The van der Waals surface area contributed by atoms with Crippen molar-refractivity contribution < 1.29 is 33.8 Å². The molecule has 1 atom stereocenters. The normalized spacial score (nSPS) is 14.6. The molecule has 0 unspecified atom stereocenters. The van der Waals surface area contributed by atoms with Gasteiger partial charge in [0.1, 0.15) is 0 Å². The van der Waals surface area contributed by atoms with Gasteiger partial charge < -0.3 is 14.6 Å². The van der Waals surface area contributed by atoms with Gasteiger partial charge in [0.25, 0.3) is 11.8 Å². The number of carboxylic acid groups (broad SMARTS) is 1. The van der Waals surface area contributed by atoms with Crippen molar-refractivity contribution in [1.29, 1.82) is 0 Å². The van der Waals surface area contributed by atoms with E-state index in [0.29, 0.717) is 22.1 Å². The quantitative estimate of drug-likeness (QED) is 0.349. The lowest BCUT2D eigenvalue weighted by Crippen LogP contribution is -2.33. The number of hydrogen-bond acceptors (Lipinski definition) is 6. The Morgan fingerprint density at radius 2 is 1.42 bits per heavy atom. The second kappa shape index (κ2) is 9.47. The third-order valence-electron chi connectivity index (χ3n) is 6.33. The highest BCUT2D eigenvalue weighted by molar-refractivity contribution is 6.30. The Hall–Kier alpha value is -4.17. The number of imide groups is 1. The van der Waals surface area contributed by atoms with Gasteiger partial charge >= 0.3 is 5.97 Å². The SMILES string of the molecule is O=C(C[C@@H](CCN1C(=O)c2cc3c(cc2C1=O)OCO3)C(=O)O)c1ccc(-c2ccc(Cl)cc2)cc1. The summed E-state index contributed by atoms with van der Waals surface area (Å²) < 4.78 is 10.5. The van der Waals surface area contributed by atoms with Gasteiger partial charge in [0.15, 0.2) is 17.3 Å². The lowest BCUT2D eigenvalue weighted by molar-refractivity contribution is -0.142. The molecule has 0 aromatic heterocycles. The predicted octanol–water partition coefficient (Wildman–Crippen LogP) is 4.70. The first-order valence-corrected chi connectivity index (χ1v) is 11.6. The van der Waals surface area contributed by atoms with E-state index in [9.17, 15) is 24.3 Å². The molecule has 182 valence electrons. The van der Waals surface area contributed by atoms with E-state index >= 15 is 0 Å². The smallest absolute Gasteiger partial charge is 0.307 e. The van der Waals surface area contributed by atoms with Crippen LogP contribution in [-0.4, -0.2) is 46.9 Å². The highest BCUT2D eigenvalue weighted by Gasteiger charge is 2.38. The first-order chi connectivity index (χ1) is 17.3. The maximum absolute atomic E-state index is 12.8.